The van der Waals surface area contributed by atoms with Gasteiger partial charge in [0.05, 0.1) is 46.8 Å². The summed E-state index contributed by atoms with van der Waals surface area (Å²) in [6.07, 6.45) is 9.73. The molecule has 0 heterocycles. The zero-order valence-electron chi connectivity index (χ0n) is 21.8. The SMILES string of the molecule is CCCCCCOCCOCCOc1ccc(OC)cc1OCCOCCOCCCCCC. The van der Waals surface area contributed by atoms with Gasteiger partial charge in [-0.05, 0) is 25.0 Å². The summed E-state index contributed by atoms with van der Waals surface area (Å²) in [5.74, 6) is 2.00. The van der Waals surface area contributed by atoms with Crippen molar-refractivity contribution in [1.82, 2.24) is 0 Å². The Labute approximate surface area is 207 Å². The minimum Gasteiger partial charge on any atom is -0.497 e. The maximum absolute atomic E-state index is 5.87. The highest BCUT2D eigenvalue weighted by Gasteiger charge is 2.08. The predicted octanol–water partition coefficient (Wildman–Crippen LogP) is 5.68. The Morgan fingerprint density at radius 2 is 0.971 bits per heavy atom. The lowest BCUT2D eigenvalue weighted by Crippen LogP contribution is -2.13. The van der Waals surface area contributed by atoms with Crippen LogP contribution in [0.3, 0.4) is 0 Å². The van der Waals surface area contributed by atoms with E-state index in [4.69, 9.17) is 33.2 Å². The molecule has 0 saturated carbocycles. The van der Waals surface area contributed by atoms with Crippen molar-refractivity contribution in [2.75, 3.05) is 73.2 Å². The van der Waals surface area contributed by atoms with Gasteiger partial charge in [-0.2, -0.15) is 0 Å². The van der Waals surface area contributed by atoms with Crippen LogP contribution in [0.1, 0.15) is 65.2 Å². The molecule has 0 spiro atoms. The molecule has 0 N–H and O–H groups in total. The maximum Gasteiger partial charge on any atom is 0.164 e. The molecule has 0 aromatic heterocycles. The van der Waals surface area contributed by atoms with Gasteiger partial charge in [-0.3, -0.25) is 0 Å². The Hall–Kier alpha value is -1.54. The molecule has 1 aromatic carbocycles. The molecule has 0 atom stereocenters. The molecule has 0 radical (unpaired) electrons. The summed E-state index contributed by atoms with van der Waals surface area (Å²) in [6.45, 7) is 10.2. The zero-order valence-corrected chi connectivity index (χ0v) is 21.8. The largest absolute Gasteiger partial charge is 0.497 e. The lowest BCUT2D eigenvalue weighted by molar-refractivity contribution is 0.0320. The molecule has 198 valence electrons. The maximum atomic E-state index is 5.87. The summed E-state index contributed by atoms with van der Waals surface area (Å²) in [5, 5.41) is 0. The van der Waals surface area contributed by atoms with Gasteiger partial charge in [0.1, 0.15) is 19.0 Å². The van der Waals surface area contributed by atoms with Gasteiger partial charge >= 0.3 is 0 Å². The van der Waals surface area contributed by atoms with E-state index in [1.165, 1.54) is 38.5 Å². The number of unbranched alkanes of at least 4 members (excludes halogenated alkanes) is 6. The first kappa shape index (κ1) is 30.5. The number of hydrogen-bond donors (Lipinski definition) is 0. The van der Waals surface area contributed by atoms with E-state index in [-0.39, 0.29) is 0 Å². The minimum absolute atomic E-state index is 0.423. The molecule has 7 nitrogen and oxygen atoms in total. The van der Waals surface area contributed by atoms with Crippen molar-refractivity contribution in [1.29, 1.82) is 0 Å². The van der Waals surface area contributed by atoms with Crippen molar-refractivity contribution in [3.05, 3.63) is 18.2 Å². The van der Waals surface area contributed by atoms with Gasteiger partial charge in [-0.1, -0.05) is 52.4 Å². The van der Waals surface area contributed by atoms with Crippen LogP contribution >= 0.6 is 0 Å². The third kappa shape index (κ3) is 17.0. The minimum atomic E-state index is 0.423. The van der Waals surface area contributed by atoms with E-state index in [0.29, 0.717) is 70.1 Å². The van der Waals surface area contributed by atoms with Gasteiger partial charge < -0.3 is 33.2 Å². The van der Waals surface area contributed by atoms with Gasteiger partial charge in [-0.25, -0.2) is 0 Å². The Bertz CT molecular complexity index is 568. The van der Waals surface area contributed by atoms with E-state index >= 15 is 0 Å². The molecule has 0 aliphatic heterocycles. The Morgan fingerprint density at radius 3 is 1.47 bits per heavy atom. The molecular formula is C27H48O7. The predicted molar refractivity (Wildman–Crippen MR) is 136 cm³/mol. The van der Waals surface area contributed by atoms with Gasteiger partial charge in [0.15, 0.2) is 11.5 Å². The van der Waals surface area contributed by atoms with E-state index in [1.54, 1.807) is 7.11 Å². The van der Waals surface area contributed by atoms with Crippen molar-refractivity contribution in [3.63, 3.8) is 0 Å². The average Bonchev–Trinajstić information content (AvgIpc) is 2.86. The molecule has 0 aliphatic rings. The van der Waals surface area contributed by atoms with E-state index in [1.807, 2.05) is 18.2 Å². The molecule has 0 bridgehead atoms. The standard InChI is InChI=1S/C27H48O7/c1-4-6-8-10-14-29-16-18-31-20-22-33-26-13-12-25(28-3)24-27(26)34-23-21-32-19-17-30-15-11-9-7-5-2/h12-13,24H,4-11,14-23H2,1-3H3. The normalized spacial score (nSPS) is 11.0. The molecule has 7 heteroatoms. The topological polar surface area (TPSA) is 64.6 Å². The molecule has 0 amide bonds. The van der Waals surface area contributed by atoms with Gasteiger partial charge in [0.25, 0.3) is 0 Å². The Kier molecular flexibility index (Phi) is 20.8. The van der Waals surface area contributed by atoms with Gasteiger partial charge in [0.2, 0.25) is 0 Å². The fraction of sp³-hybridized carbons (Fsp3) is 0.778. The van der Waals surface area contributed by atoms with Gasteiger partial charge in [-0.15, -0.1) is 0 Å². The van der Waals surface area contributed by atoms with Crippen LogP contribution < -0.4 is 14.2 Å². The second kappa shape index (κ2) is 23.2. The van der Waals surface area contributed by atoms with Crippen LogP contribution in [0.15, 0.2) is 18.2 Å². The first-order valence-corrected chi connectivity index (χ1v) is 13.1. The van der Waals surface area contributed by atoms with Crippen molar-refractivity contribution < 1.29 is 33.2 Å². The molecular weight excluding hydrogens is 436 g/mol. The number of ether oxygens (including phenoxy) is 7. The molecule has 0 aliphatic carbocycles. The average molecular weight is 485 g/mol. The number of methoxy groups -OCH3 is 1. The van der Waals surface area contributed by atoms with Crippen LogP contribution in [0.2, 0.25) is 0 Å². The van der Waals surface area contributed by atoms with Crippen molar-refractivity contribution in [2.45, 2.75) is 65.2 Å². The summed E-state index contributed by atoms with van der Waals surface area (Å²) in [6, 6.07) is 5.52. The summed E-state index contributed by atoms with van der Waals surface area (Å²) in [5.41, 5.74) is 0. The van der Waals surface area contributed by atoms with Crippen molar-refractivity contribution in [3.8, 4) is 17.2 Å². The second-order valence-electron chi connectivity index (χ2n) is 8.08. The summed E-state index contributed by atoms with van der Waals surface area (Å²) in [4.78, 5) is 0. The zero-order chi connectivity index (χ0) is 24.5. The molecule has 1 aromatic rings. The molecule has 0 fully saturated rings. The van der Waals surface area contributed by atoms with Gasteiger partial charge in [0, 0.05) is 19.3 Å². The highest BCUT2D eigenvalue weighted by atomic mass is 16.6. The Morgan fingerprint density at radius 1 is 0.500 bits per heavy atom. The van der Waals surface area contributed by atoms with E-state index in [0.717, 1.165) is 26.1 Å². The van der Waals surface area contributed by atoms with E-state index in [9.17, 15) is 0 Å². The number of rotatable bonds is 25. The number of hydrogen-bond acceptors (Lipinski definition) is 7. The fourth-order valence-corrected chi connectivity index (χ4v) is 3.17. The second-order valence-corrected chi connectivity index (χ2v) is 8.08. The summed E-state index contributed by atoms with van der Waals surface area (Å²) >= 11 is 0. The Balaban J connectivity index is 2.14. The molecule has 0 saturated heterocycles. The highest BCUT2D eigenvalue weighted by molar-refractivity contribution is 5.45. The molecule has 1 rings (SSSR count). The van der Waals surface area contributed by atoms with Crippen LogP contribution in [0.5, 0.6) is 17.2 Å². The summed E-state index contributed by atoms with van der Waals surface area (Å²) in [7, 11) is 1.63. The van der Waals surface area contributed by atoms with Crippen molar-refractivity contribution >= 4 is 0 Å². The first-order chi connectivity index (χ1) is 16.8. The molecule has 34 heavy (non-hydrogen) atoms. The fourth-order valence-electron chi connectivity index (χ4n) is 3.17. The first-order valence-electron chi connectivity index (χ1n) is 13.1. The van der Waals surface area contributed by atoms with E-state index in [2.05, 4.69) is 13.8 Å². The lowest BCUT2D eigenvalue weighted by atomic mass is 10.2. The van der Waals surface area contributed by atoms with Crippen molar-refractivity contribution in [2.24, 2.45) is 0 Å². The van der Waals surface area contributed by atoms with Crippen LogP contribution in [0.4, 0.5) is 0 Å². The monoisotopic (exact) mass is 484 g/mol. The molecule has 0 unspecified atom stereocenters. The van der Waals surface area contributed by atoms with Crippen LogP contribution in [0, 0.1) is 0 Å². The van der Waals surface area contributed by atoms with Crippen LogP contribution in [0.25, 0.3) is 0 Å². The smallest absolute Gasteiger partial charge is 0.164 e. The van der Waals surface area contributed by atoms with Crippen LogP contribution in [-0.4, -0.2) is 73.2 Å². The third-order valence-corrected chi connectivity index (χ3v) is 5.15. The summed E-state index contributed by atoms with van der Waals surface area (Å²) < 4.78 is 39.4. The number of benzene rings is 1. The van der Waals surface area contributed by atoms with E-state index < -0.39 is 0 Å². The lowest BCUT2D eigenvalue weighted by Gasteiger charge is -2.14. The quantitative estimate of drug-likeness (QED) is 0.165. The third-order valence-electron chi connectivity index (χ3n) is 5.15. The highest BCUT2D eigenvalue weighted by Crippen LogP contribution is 2.31. The van der Waals surface area contributed by atoms with Crippen LogP contribution in [-0.2, 0) is 18.9 Å².